The fraction of sp³-hybridized carbons (Fsp3) is 0.619. The van der Waals surface area contributed by atoms with Gasteiger partial charge in [-0.05, 0) is 37.8 Å². The Bertz CT molecular complexity index is 630. The third-order valence-electron chi connectivity index (χ3n) is 4.77. The van der Waals surface area contributed by atoms with Crippen LogP contribution in [-0.4, -0.2) is 44.2 Å². The van der Waals surface area contributed by atoms with E-state index in [2.05, 4.69) is 42.8 Å². The minimum atomic E-state index is 0.0587. The maximum absolute atomic E-state index is 12.0. The highest BCUT2D eigenvalue weighted by atomic mass is 16.5. The Kier molecular flexibility index (Phi) is 8.58. The summed E-state index contributed by atoms with van der Waals surface area (Å²) in [6.45, 7) is 11.4. The van der Waals surface area contributed by atoms with Gasteiger partial charge in [-0.25, -0.2) is 0 Å². The Labute approximate surface area is 163 Å². The second kappa shape index (κ2) is 10.9. The van der Waals surface area contributed by atoms with Gasteiger partial charge in [-0.2, -0.15) is 0 Å². The molecule has 3 N–H and O–H groups in total. The molecule has 0 radical (unpaired) electrons. The van der Waals surface area contributed by atoms with Gasteiger partial charge in [-0.15, -0.1) is 0 Å². The van der Waals surface area contributed by atoms with Gasteiger partial charge in [0.2, 0.25) is 5.91 Å². The molecule has 2 rings (SSSR count). The van der Waals surface area contributed by atoms with Crippen molar-refractivity contribution in [3.8, 4) is 0 Å². The average Bonchev–Trinajstić information content (AvgIpc) is 2.64. The molecule has 6 heteroatoms. The Morgan fingerprint density at radius 3 is 2.78 bits per heavy atom. The molecule has 0 spiro atoms. The monoisotopic (exact) mass is 374 g/mol. The summed E-state index contributed by atoms with van der Waals surface area (Å²) in [5.74, 6) is 1.45. The van der Waals surface area contributed by atoms with Crippen molar-refractivity contribution in [1.29, 1.82) is 0 Å². The lowest BCUT2D eigenvalue weighted by Gasteiger charge is -2.25. The van der Waals surface area contributed by atoms with Crippen LogP contribution in [0.1, 0.15) is 52.0 Å². The Morgan fingerprint density at radius 1 is 1.30 bits per heavy atom. The number of carbonyl (C=O) groups is 1. The number of para-hydroxylation sites is 1. The van der Waals surface area contributed by atoms with E-state index in [9.17, 15) is 4.79 Å². The normalized spacial score (nSPS) is 18.0. The number of fused-ring (bicyclic) bond motifs is 1. The van der Waals surface area contributed by atoms with E-state index in [1.54, 1.807) is 0 Å². The molecule has 1 heterocycles. The molecule has 0 aromatic heterocycles. The maximum Gasteiger partial charge on any atom is 0.225 e. The Hall–Kier alpha value is -2.08. The van der Waals surface area contributed by atoms with Crippen molar-refractivity contribution in [3.05, 3.63) is 29.8 Å². The molecule has 2 atom stereocenters. The predicted octanol–water partition coefficient (Wildman–Crippen LogP) is 3.12. The second-order valence-corrected chi connectivity index (χ2v) is 7.21. The van der Waals surface area contributed by atoms with Crippen LogP contribution in [0.3, 0.4) is 0 Å². The summed E-state index contributed by atoms with van der Waals surface area (Å²) in [6, 6.07) is 7.98. The van der Waals surface area contributed by atoms with Crippen molar-refractivity contribution in [2.24, 2.45) is 10.9 Å². The smallest absolute Gasteiger partial charge is 0.225 e. The number of guanidine groups is 1. The molecule has 2 unspecified atom stereocenters. The van der Waals surface area contributed by atoms with E-state index >= 15 is 0 Å². The molecule has 27 heavy (non-hydrogen) atoms. The number of ether oxygens (including phenoxy) is 1. The maximum atomic E-state index is 12.0. The number of nitrogens with one attached hydrogen (secondary N) is 3. The molecule has 6 nitrogen and oxygen atoms in total. The first-order valence-corrected chi connectivity index (χ1v) is 10.1. The summed E-state index contributed by atoms with van der Waals surface area (Å²) in [7, 11) is 0. The summed E-state index contributed by atoms with van der Waals surface area (Å²) in [6.07, 6.45) is 1.66. The fourth-order valence-electron chi connectivity index (χ4n) is 3.36. The Morgan fingerprint density at radius 2 is 2.07 bits per heavy atom. The number of hydrogen-bond acceptors (Lipinski definition) is 3. The van der Waals surface area contributed by atoms with Crippen molar-refractivity contribution < 1.29 is 9.53 Å². The van der Waals surface area contributed by atoms with Crippen LogP contribution in [0.4, 0.5) is 5.69 Å². The van der Waals surface area contributed by atoms with Gasteiger partial charge in [0.1, 0.15) is 0 Å². The molecule has 0 aliphatic carbocycles. The number of carbonyl (C=O) groups excluding carboxylic acids is 1. The van der Waals surface area contributed by atoms with Gasteiger partial charge >= 0.3 is 0 Å². The van der Waals surface area contributed by atoms with Crippen LogP contribution in [0.25, 0.3) is 0 Å². The van der Waals surface area contributed by atoms with Gasteiger partial charge in [0, 0.05) is 37.7 Å². The van der Waals surface area contributed by atoms with E-state index in [0.29, 0.717) is 18.9 Å². The molecule has 1 aromatic rings. The van der Waals surface area contributed by atoms with Crippen molar-refractivity contribution in [2.45, 2.75) is 52.6 Å². The summed E-state index contributed by atoms with van der Waals surface area (Å²) < 4.78 is 5.81. The highest BCUT2D eigenvalue weighted by Gasteiger charge is 2.24. The third kappa shape index (κ3) is 6.54. The molecule has 0 bridgehead atoms. The molecule has 0 saturated carbocycles. The molecule has 1 amide bonds. The van der Waals surface area contributed by atoms with Crippen LogP contribution in [0.2, 0.25) is 0 Å². The standard InChI is InChI=1S/C21H34N4O2/c1-5-22-21(23-12-11-19(15(3)4)27-6-2)24-14-16-13-20(26)25-18-10-8-7-9-17(16)18/h7-10,15-16,19H,5-6,11-14H2,1-4H3,(H,25,26)(H2,22,23,24). The largest absolute Gasteiger partial charge is 0.378 e. The molecule has 0 fully saturated rings. The zero-order valence-corrected chi connectivity index (χ0v) is 17.0. The van der Waals surface area contributed by atoms with Crippen molar-refractivity contribution in [2.75, 3.05) is 31.6 Å². The number of rotatable bonds is 9. The minimum Gasteiger partial charge on any atom is -0.378 e. The van der Waals surface area contributed by atoms with Crippen LogP contribution >= 0.6 is 0 Å². The number of amides is 1. The van der Waals surface area contributed by atoms with Gasteiger partial charge in [-0.1, -0.05) is 32.0 Å². The molecule has 1 aromatic carbocycles. The average molecular weight is 375 g/mol. The molecule has 0 saturated heterocycles. The van der Waals surface area contributed by atoms with Crippen molar-refractivity contribution in [3.63, 3.8) is 0 Å². The number of nitrogens with zero attached hydrogens (tertiary/aromatic N) is 1. The first-order chi connectivity index (χ1) is 13.0. The summed E-state index contributed by atoms with van der Waals surface area (Å²) in [4.78, 5) is 16.7. The molecule has 1 aliphatic heterocycles. The van der Waals surface area contributed by atoms with E-state index in [4.69, 9.17) is 9.73 Å². The van der Waals surface area contributed by atoms with Crippen LogP contribution < -0.4 is 16.0 Å². The van der Waals surface area contributed by atoms with Gasteiger partial charge in [0.05, 0.1) is 12.6 Å². The zero-order valence-electron chi connectivity index (χ0n) is 17.0. The van der Waals surface area contributed by atoms with Crippen LogP contribution in [-0.2, 0) is 9.53 Å². The topological polar surface area (TPSA) is 74.8 Å². The molecule has 1 aliphatic rings. The number of hydrogen-bond donors (Lipinski definition) is 3. The lowest BCUT2D eigenvalue weighted by molar-refractivity contribution is -0.116. The van der Waals surface area contributed by atoms with Gasteiger partial charge in [0.25, 0.3) is 0 Å². The number of anilines is 1. The summed E-state index contributed by atoms with van der Waals surface area (Å²) >= 11 is 0. The van der Waals surface area contributed by atoms with Crippen LogP contribution in [0.5, 0.6) is 0 Å². The van der Waals surface area contributed by atoms with Crippen LogP contribution in [0, 0.1) is 5.92 Å². The second-order valence-electron chi connectivity index (χ2n) is 7.21. The van der Waals surface area contributed by atoms with E-state index < -0.39 is 0 Å². The summed E-state index contributed by atoms with van der Waals surface area (Å²) in [5, 5.41) is 9.63. The zero-order chi connectivity index (χ0) is 19.6. The lowest BCUT2D eigenvalue weighted by Crippen LogP contribution is -2.39. The van der Waals surface area contributed by atoms with Gasteiger partial charge in [-0.3, -0.25) is 9.79 Å². The molecular formula is C21H34N4O2. The molecular weight excluding hydrogens is 340 g/mol. The first kappa shape index (κ1) is 21.2. The number of aliphatic imine (C=N–C) groups is 1. The number of benzene rings is 1. The molecule has 150 valence electrons. The quantitative estimate of drug-likeness (QED) is 0.459. The highest BCUT2D eigenvalue weighted by molar-refractivity contribution is 5.94. The highest BCUT2D eigenvalue weighted by Crippen LogP contribution is 2.31. The minimum absolute atomic E-state index is 0.0587. The van der Waals surface area contributed by atoms with E-state index in [-0.39, 0.29) is 17.9 Å². The van der Waals surface area contributed by atoms with E-state index in [1.165, 1.54) is 0 Å². The fourth-order valence-corrected chi connectivity index (χ4v) is 3.36. The van der Waals surface area contributed by atoms with Crippen LogP contribution in [0.15, 0.2) is 29.3 Å². The lowest BCUT2D eigenvalue weighted by atomic mass is 9.91. The van der Waals surface area contributed by atoms with E-state index in [0.717, 1.165) is 43.3 Å². The van der Waals surface area contributed by atoms with E-state index in [1.807, 2.05) is 25.1 Å². The van der Waals surface area contributed by atoms with Crippen molar-refractivity contribution in [1.82, 2.24) is 10.6 Å². The Balaban J connectivity index is 1.96. The third-order valence-corrected chi connectivity index (χ3v) is 4.77. The van der Waals surface area contributed by atoms with Crippen molar-refractivity contribution >= 4 is 17.6 Å². The first-order valence-electron chi connectivity index (χ1n) is 10.1. The SMILES string of the molecule is CCNC(=NCC1CC(=O)Nc2ccccc21)NCCC(OCC)C(C)C. The van der Waals surface area contributed by atoms with Gasteiger partial charge < -0.3 is 20.7 Å². The summed E-state index contributed by atoms with van der Waals surface area (Å²) in [5.41, 5.74) is 2.07. The predicted molar refractivity (Wildman–Crippen MR) is 111 cm³/mol. The van der Waals surface area contributed by atoms with Gasteiger partial charge in [0.15, 0.2) is 5.96 Å².